The molecule has 3 aromatic carbocycles. The molecule has 0 unspecified atom stereocenters. The summed E-state index contributed by atoms with van der Waals surface area (Å²) in [7, 11) is 0. The molecule has 0 fully saturated rings. The first-order valence-electron chi connectivity index (χ1n) is 7.67. The Labute approximate surface area is 142 Å². The molecule has 0 aliphatic rings. The van der Waals surface area contributed by atoms with Crippen molar-refractivity contribution in [3.63, 3.8) is 0 Å². The van der Waals surface area contributed by atoms with Gasteiger partial charge in [0.1, 0.15) is 5.82 Å². The van der Waals surface area contributed by atoms with Crippen LogP contribution in [0.5, 0.6) is 0 Å². The summed E-state index contributed by atoms with van der Waals surface area (Å²) in [6.45, 7) is 1.73. The van der Waals surface area contributed by atoms with Gasteiger partial charge in [-0.25, -0.2) is 4.39 Å². The van der Waals surface area contributed by atoms with Crippen molar-refractivity contribution in [1.29, 1.82) is 0 Å². The summed E-state index contributed by atoms with van der Waals surface area (Å²) in [6, 6.07) is 22.7. The van der Waals surface area contributed by atoms with Crippen molar-refractivity contribution < 1.29 is 4.39 Å². The molecule has 0 radical (unpaired) electrons. The molecule has 0 heterocycles. The quantitative estimate of drug-likeness (QED) is 0.516. The maximum Gasteiger partial charge on any atom is 0.142 e. The Bertz CT molecular complexity index is 880. The Kier molecular flexibility index (Phi) is 4.76. The molecule has 3 aromatic rings. The largest absolute Gasteiger partial charge is 0.205 e. The van der Waals surface area contributed by atoms with Crippen molar-refractivity contribution in [2.24, 2.45) is 0 Å². The topological polar surface area (TPSA) is 0 Å². The number of halogens is 1. The number of hydrogen-bond acceptors (Lipinski definition) is 0. The maximum atomic E-state index is 14.5. The third-order valence-corrected chi connectivity index (χ3v) is 3.62. The van der Waals surface area contributed by atoms with E-state index in [1.54, 1.807) is 13.0 Å². The molecule has 3 rings (SSSR count). The minimum atomic E-state index is -0.307. The van der Waals surface area contributed by atoms with Gasteiger partial charge >= 0.3 is 0 Å². The van der Waals surface area contributed by atoms with Crippen LogP contribution >= 0.6 is 0 Å². The van der Waals surface area contributed by atoms with Gasteiger partial charge in [-0.15, -0.1) is 0 Å². The lowest BCUT2D eigenvalue weighted by Crippen LogP contribution is -1.93. The van der Waals surface area contributed by atoms with Gasteiger partial charge in [0.25, 0.3) is 0 Å². The minimum absolute atomic E-state index is 0.307. The van der Waals surface area contributed by atoms with Crippen LogP contribution in [0.4, 0.5) is 4.39 Å². The average molecular weight is 310 g/mol. The van der Waals surface area contributed by atoms with Gasteiger partial charge in [0.05, 0.1) is 5.56 Å². The molecule has 0 nitrogen and oxygen atoms in total. The molecule has 24 heavy (non-hydrogen) atoms. The van der Waals surface area contributed by atoms with Crippen molar-refractivity contribution in [2.45, 2.75) is 6.92 Å². The zero-order valence-electron chi connectivity index (χ0n) is 13.3. The summed E-state index contributed by atoms with van der Waals surface area (Å²) in [5.41, 5.74) is 3.37. The fraction of sp³-hybridized carbons (Fsp3) is 0.0435. The first-order chi connectivity index (χ1) is 11.7. The molecule has 114 valence electrons. The normalized spacial score (nSPS) is 9.42. The number of rotatable bonds is 0. The van der Waals surface area contributed by atoms with Crippen LogP contribution in [0.25, 0.3) is 0 Å². The predicted molar refractivity (Wildman–Crippen MR) is 96.0 cm³/mol. The summed E-state index contributed by atoms with van der Waals surface area (Å²) >= 11 is 0. The van der Waals surface area contributed by atoms with Crippen molar-refractivity contribution in [2.75, 3.05) is 0 Å². The van der Waals surface area contributed by atoms with E-state index in [1.165, 1.54) is 0 Å². The Balaban J connectivity index is 1.90. The fourth-order valence-electron chi connectivity index (χ4n) is 2.24. The molecular weight excluding hydrogens is 295 g/mol. The Morgan fingerprint density at radius 2 is 1.04 bits per heavy atom. The predicted octanol–water partition coefficient (Wildman–Crippen LogP) is 4.93. The minimum Gasteiger partial charge on any atom is -0.205 e. The van der Waals surface area contributed by atoms with E-state index >= 15 is 0 Å². The maximum absolute atomic E-state index is 14.5. The van der Waals surface area contributed by atoms with Gasteiger partial charge in [-0.1, -0.05) is 60.1 Å². The van der Waals surface area contributed by atoms with Gasteiger partial charge in [0.2, 0.25) is 0 Å². The second-order valence-electron chi connectivity index (χ2n) is 5.33. The van der Waals surface area contributed by atoms with E-state index in [0.717, 1.165) is 11.1 Å². The molecule has 0 aliphatic heterocycles. The molecule has 1 heteroatoms. The molecule has 0 aliphatic carbocycles. The van der Waals surface area contributed by atoms with Crippen LogP contribution in [0.1, 0.15) is 27.8 Å². The highest BCUT2D eigenvalue weighted by Gasteiger charge is 2.06. The second-order valence-corrected chi connectivity index (χ2v) is 5.33. The molecule has 0 aromatic heterocycles. The smallest absolute Gasteiger partial charge is 0.142 e. The first-order valence-corrected chi connectivity index (χ1v) is 7.67. The summed E-state index contributed by atoms with van der Waals surface area (Å²) in [4.78, 5) is 0. The SMILES string of the molecule is Cc1c(C#Cc2ccccc2)ccc(C#Cc2ccccc2)c1F. The highest BCUT2D eigenvalue weighted by Crippen LogP contribution is 2.16. The summed E-state index contributed by atoms with van der Waals surface area (Å²) in [5.74, 6) is 11.7. The van der Waals surface area contributed by atoms with E-state index in [9.17, 15) is 4.39 Å². The van der Waals surface area contributed by atoms with Crippen molar-refractivity contribution >= 4 is 0 Å². The molecule has 0 amide bonds. The molecule has 0 atom stereocenters. The van der Waals surface area contributed by atoms with Crippen LogP contribution in [0, 0.1) is 36.4 Å². The molecule has 0 N–H and O–H groups in total. The Morgan fingerprint density at radius 1 is 0.583 bits per heavy atom. The van der Waals surface area contributed by atoms with Gasteiger partial charge in [-0.05, 0) is 43.3 Å². The van der Waals surface area contributed by atoms with E-state index in [2.05, 4.69) is 23.7 Å². The third-order valence-electron chi connectivity index (χ3n) is 3.62. The monoisotopic (exact) mass is 310 g/mol. The van der Waals surface area contributed by atoms with E-state index in [0.29, 0.717) is 16.7 Å². The lowest BCUT2D eigenvalue weighted by molar-refractivity contribution is 0.614. The van der Waals surface area contributed by atoms with Crippen molar-refractivity contribution in [3.8, 4) is 23.7 Å². The van der Waals surface area contributed by atoms with Gasteiger partial charge < -0.3 is 0 Å². The zero-order chi connectivity index (χ0) is 16.8. The standard InChI is InChI=1S/C23H15F/c1-18-21(14-12-19-8-4-2-5-9-19)16-17-22(23(18)24)15-13-20-10-6-3-7-11-20/h2-11,16-17H,1H3. The molecule has 0 saturated carbocycles. The summed E-state index contributed by atoms with van der Waals surface area (Å²) in [5, 5.41) is 0. The van der Waals surface area contributed by atoms with Crippen LogP contribution in [0.2, 0.25) is 0 Å². The average Bonchev–Trinajstić information content (AvgIpc) is 2.64. The zero-order valence-corrected chi connectivity index (χ0v) is 13.3. The first kappa shape index (κ1) is 15.6. The molecular formula is C23H15F. The third kappa shape index (κ3) is 3.72. The molecule has 0 bridgehead atoms. The van der Waals surface area contributed by atoms with Crippen LogP contribution in [-0.4, -0.2) is 0 Å². The van der Waals surface area contributed by atoms with E-state index in [4.69, 9.17) is 0 Å². The van der Waals surface area contributed by atoms with Gasteiger partial charge in [-0.2, -0.15) is 0 Å². The van der Waals surface area contributed by atoms with Crippen LogP contribution in [0.3, 0.4) is 0 Å². The fourth-order valence-corrected chi connectivity index (χ4v) is 2.24. The van der Waals surface area contributed by atoms with Crippen molar-refractivity contribution in [1.82, 2.24) is 0 Å². The Morgan fingerprint density at radius 3 is 1.58 bits per heavy atom. The number of hydrogen-bond donors (Lipinski definition) is 0. The van der Waals surface area contributed by atoms with E-state index in [1.807, 2.05) is 66.7 Å². The molecule has 0 spiro atoms. The van der Waals surface area contributed by atoms with Crippen LogP contribution < -0.4 is 0 Å². The van der Waals surface area contributed by atoms with Gasteiger partial charge in [0.15, 0.2) is 0 Å². The molecule has 0 saturated heterocycles. The van der Waals surface area contributed by atoms with E-state index < -0.39 is 0 Å². The lowest BCUT2D eigenvalue weighted by Gasteiger charge is -2.02. The highest BCUT2D eigenvalue weighted by atomic mass is 19.1. The highest BCUT2D eigenvalue weighted by molar-refractivity contribution is 5.52. The summed E-state index contributed by atoms with van der Waals surface area (Å²) < 4.78 is 14.5. The Hall–Kier alpha value is -3.29. The second kappa shape index (κ2) is 7.32. The van der Waals surface area contributed by atoms with Crippen LogP contribution in [-0.2, 0) is 0 Å². The number of benzene rings is 3. The van der Waals surface area contributed by atoms with Gasteiger partial charge in [0, 0.05) is 22.3 Å². The van der Waals surface area contributed by atoms with Gasteiger partial charge in [-0.3, -0.25) is 0 Å². The van der Waals surface area contributed by atoms with Crippen molar-refractivity contribution in [3.05, 3.63) is 106 Å². The lowest BCUT2D eigenvalue weighted by atomic mass is 10.0. The van der Waals surface area contributed by atoms with E-state index in [-0.39, 0.29) is 5.82 Å². The van der Waals surface area contributed by atoms with Crippen LogP contribution in [0.15, 0.2) is 72.8 Å². The summed E-state index contributed by atoms with van der Waals surface area (Å²) in [6.07, 6.45) is 0.